The van der Waals surface area contributed by atoms with Crippen molar-refractivity contribution in [3.63, 3.8) is 0 Å². The lowest BCUT2D eigenvalue weighted by atomic mass is 9.85. The predicted octanol–water partition coefficient (Wildman–Crippen LogP) is 0.837. The smallest absolute Gasteiger partial charge is 0.317 e. The first-order chi connectivity index (χ1) is 10.1. The van der Waals surface area contributed by atoms with Gasteiger partial charge < -0.3 is 15.3 Å². The van der Waals surface area contributed by atoms with E-state index in [9.17, 15) is 9.59 Å². The van der Waals surface area contributed by atoms with Crippen LogP contribution >= 0.6 is 0 Å². The Labute approximate surface area is 122 Å². The van der Waals surface area contributed by atoms with Crippen LogP contribution in [0.1, 0.15) is 32.0 Å². The number of urea groups is 1. The van der Waals surface area contributed by atoms with E-state index in [1.807, 2.05) is 6.92 Å². The van der Waals surface area contributed by atoms with Gasteiger partial charge in [0.1, 0.15) is 12.2 Å². The van der Waals surface area contributed by atoms with Crippen molar-refractivity contribution < 1.29 is 14.7 Å². The van der Waals surface area contributed by atoms with Crippen molar-refractivity contribution in [2.24, 2.45) is 11.8 Å². The quantitative estimate of drug-likeness (QED) is 0.745. The minimum Gasteiger partial charge on any atom is -0.481 e. The Hall–Kier alpha value is -2.12. The number of hydrogen-bond donors (Lipinski definition) is 3. The molecule has 1 saturated heterocycles. The van der Waals surface area contributed by atoms with Crippen molar-refractivity contribution in [1.29, 1.82) is 0 Å². The van der Waals surface area contributed by atoms with Crippen LogP contribution in [0.3, 0.4) is 0 Å². The third-order valence-corrected chi connectivity index (χ3v) is 3.92. The summed E-state index contributed by atoms with van der Waals surface area (Å²) in [4.78, 5) is 28.6. The minimum absolute atomic E-state index is 0.0763. The van der Waals surface area contributed by atoms with Gasteiger partial charge in [-0.25, -0.2) is 9.78 Å². The number of hydrogen-bond acceptors (Lipinski definition) is 4. The van der Waals surface area contributed by atoms with E-state index < -0.39 is 5.97 Å². The highest BCUT2D eigenvalue weighted by atomic mass is 16.4. The molecule has 8 nitrogen and oxygen atoms in total. The second kappa shape index (κ2) is 7.05. The molecule has 1 aliphatic heterocycles. The number of aromatic nitrogens is 3. The van der Waals surface area contributed by atoms with E-state index in [0.717, 1.165) is 12.8 Å². The Bertz CT molecular complexity index is 476. The Morgan fingerprint density at radius 1 is 1.62 bits per heavy atom. The maximum absolute atomic E-state index is 12.1. The van der Waals surface area contributed by atoms with Crippen molar-refractivity contribution in [1.82, 2.24) is 25.4 Å². The van der Waals surface area contributed by atoms with Crippen LogP contribution in [0.4, 0.5) is 4.79 Å². The summed E-state index contributed by atoms with van der Waals surface area (Å²) in [6, 6.07) is -0.140. The summed E-state index contributed by atoms with van der Waals surface area (Å²) < 4.78 is 0. The highest BCUT2D eigenvalue weighted by Crippen LogP contribution is 2.26. The summed E-state index contributed by atoms with van der Waals surface area (Å²) in [5.74, 6) is 0.142. The molecule has 1 fully saturated rings. The van der Waals surface area contributed by atoms with Gasteiger partial charge in [-0.2, -0.15) is 5.10 Å². The van der Waals surface area contributed by atoms with Gasteiger partial charge >= 0.3 is 12.0 Å². The van der Waals surface area contributed by atoms with Crippen LogP contribution in [0.2, 0.25) is 0 Å². The Morgan fingerprint density at radius 3 is 3.10 bits per heavy atom. The fourth-order valence-electron chi connectivity index (χ4n) is 2.69. The zero-order valence-corrected chi connectivity index (χ0v) is 12.1. The van der Waals surface area contributed by atoms with Gasteiger partial charge in [0.05, 0.1) is 6.54 Å². The molecule has 0 radical (unpaired) electrons. The molecule has 0 bridgehead atoms. The van der Waals surface area contributed by atoms with E-state index in [2.05, 4.69) is 20.5 Å². The number of carbonyl (C=O) groups excluding carboxylic acids is 1. The number of rotatable bonds is 5. The zero-order valence-electron chi connectivity index (χ0n) is 12.1. The van der Waals surface area contributed by atoms with E-state index in [1.165, 1.54) is 6.33 Å². The fourth-order valence-corrected chi connectivity index (χ4v) is 2.69. The average molecular weight is 295 g/mol. The second-order valence-corrected chi connectivity index (χ2v) is 5.51. The van der Waals surface area contributed by atoms with E-state index >= 15 is 0 Å². The molecule has 0 spiro atoms. The standard InChI is InChI=1S/C13H21N5O3/c1-9(5-12(19)20)10-3-2-4-18(7-10)13(21)14-6-11-15-8-16-17-11/h8-10H,2-7H2,1H3,(H,14,21)(H,19,20)(H,15,16,17). The molecule has 1 aromatic rings. The zero-order chi connectivity index (χ0) is 15.2. The van der Waals surface area contributed by atoms with Crippen molar-refractivity contribution in [3.05, 3.63) is 12.2 Å². The number of piperidine rings is 1. The summed E-state index contributed by atoms with van der Waals surface area (Å²) in [5, 5.41) is 18.1. The molecular weight excluding hydrogens is 274 g/mol. The molecule has 2 rings (SSSR count). The Kier molecular flexibility index (Phi) is 5.13. The average Bonchev–Trinajstić information content (AvgIpc) is 2.97. The number of aromatic amines is 1. The first-order valence-corrected chi connectivity index (χ1v) is 7.15. The number of carboxylic acid groups (broad SMARTS) is 1. The molecule has 0 aliphatic carbocycles. The van der Waals surface area contributed by atoms with Crippen molar-refractivity contribution in [2.45, 2.75) is 32.7 Å². The third kappa shape index (κ3) is 4.44. The highest BCUT2D eigenvalue weighted by molar-refractivity contribution is 5.74. The molecule has 0 aromatic carbocycles. The number of nitrogens with zero attached hydrogens (tertiary/aromatic N) is 3. The second-order valence-electron chi connectivity index (χ2n) is 5.51. The highest BCUT2D eigenvalue weighted by Gasteiger charge is 2.28. The van der Waals surface area contributed by atoms with Gasteiger partial charge in [-0.05, 0) is 24.7 Å². The molecule has 2 amide bonds. The summed E-state index contributed by atoms with van der Waals surface area (Å²) >= 11 is 0. The number of nitrogens with one attached hydrogen (secondary N) is 2. The topological polar surface area (TPSA) is 111 Å². The molecule has 2 heterocycles. The van der Waals surface area contributed by atoms with Crippen LogP contribution in [0.15, 0.2) is 6.33 Å². The maximum Gasteiger partial charge on any atom is 0.317 e. The molecule has 1 aromatic heterocycles. The Balaban J connectivity index is 1.82. The van der Waals surface area contributed by atoms with Crippen molar-refractivity contribution in [2.75, 3.05) is 13.1 Å². The molecular formula is C13H21N5O3. The van der Waals surface area contributed by atoms with Gasteiger partial charge in [-0.3, -0.25) is 9.89 Å². The van der Waals surface area contributed by atoms with E-state index in [-0.39, 0.29) is 24.3 Å². The van der Waals surface area contributed by atoms with Crippen LogP contribution in [0, 0.1) is 11.8 Å². The fraction of sp³-hybridized carbons (Fsp3) is 0.692. The van der Waals surface area contributed by atoms with Gasteiger partial charge in [0, 0.05) is 19.5 Å². The van der Waals surface area contributed by atoms with E-state index in [0.29, 0.717) is 25.5 Å². The van der Waals surface area contributed by atoms with Gasteiger partial charge in [-0.1, -0.05) is 6.92 Å². The lowest BCUT2D eigenvalue weighted by Gasteiger charge is -2.35. The number of carboxylic acids is 1. The van der Waals surface area contributed by atoms with Crippen LogP contribution in [-0.4, -0.2) is 50.3 Å². The Morgan fingerprint density at radius 2 is 2.43 bits per heavy atom. The third-order valence-electron chi connectivity index (χ3n) is 3.92. The SMILES string of the molecule is CC(CC(=O)O)C1CCCN(C(=O)NCc2ncn[nH]2)C1. The predicted molar refractivity (Wildman–Crippen MR) is 74.3 cm³/mol. The van der Waals surface area contributed by atoms with Crippen molar-refractivity contribution >= 4 is 12.0 Å². The number of likely N-dealkylation sites (tertiary alicyclic amines) is 1. The van der Waals surface area contributed by atoms with Crippen LogP contribution < -0.4 is 5.32 Å². The summed E-state index contributed by atoms with van der Waals surface area (Å²) in [7, 11) is 0. The van der Waals surface area contributed by atoms with E-state index in [1.54, 1.807) is 4.90 Å². The normalized spacial score (nSPS) is 20.0. The van der Waals surface area contributed by atoms with Gasteiger partial charge in [0.25, 0.3) is 0 Å². The molecule has 1 aliphatic rings. The number of amides is 2. The number of carbonyl (C=O) groups is 2. The molecule has 0 saturated carbocycles. The van der Waals surface area contributed by atoms with E-state index in [4.69, 9.17) is 5.11 Å². The molecule has 2 atom stereocenters. The van der Waals surface area contributed by atoms with Gasteiger partial charge in [-0.15, -0.1) is 0 Å². The van der Waals surface area contributed by atoms with Gasteiger partial charge in [0.15, 0.2) is 0 Å². The first-order valence-electron chi connectivity index (χ1n) is 7.15. The maximum atomic E-state index is 12.1. The summed E-state index contributed by atoms with van der Waals surface area (Å²) in [6.45, 7) is 3.56. The number of H-pyrrole nitrogens is 1. The minimum atomic E-state index is -0.783. The lowest BCUT2D eigenvalue weighted by Crippen LogP contribution is -2.46. The van der Waals surface area contributed by atoms with Crippen LogP contribution in [0.25, 0.3) is 0 Å². The molecule has 2 unspecified atom stereocenters. The van der Waals surface area contributed by atoms with Crippen molar-refractivity contribution in [3.8, 4) is 0 Å². The lowest BCUT2D eigenvalue weighted by molar-refractivity contribution is -0.138. The largest absolute Gasteiger partial charge is 0.481 e. The van der Waals surface area contributed by atoms with Gasteiger partial charge in [0.2, 0.25) is 0 Å². The molecule has 8 heteroatoms. The molecule has 116 valence electrons. The summed E-state index contributed by atoms with van der Waals surface area (Å²) in [5.41, 5.74) is 0. The van der Waals surface area contributed by atoms with Crippen LogP contribution in [0.5, 0.6) is 0 Å². The van der Waals surface area contributed by atoms with Crippen LogP contribution in [-0.2, 0) is 11.3 Å². The molecule has 21 heavy (non-hydrogen) atoms. The molecule has 3 N–H and O–H groups in total. The number of aliphatic carboxylic acids is 1. The first kappa shape index (κ1) is 15.3. The summed E-state index contributed by atoms with van der Waals surface area (Å²) in [6.07, 6.45) is 3.43. The monoisotopic (exact) mass is 295 g/mol.